The standard InChI is InChI=1S/C13H27N3/c1-3-4-13(5-6-14-11-13)12-16-9-7-15(2)8-10-16/h14H,3-12H2,1-2H3. The third-order valence-electron chi connectivity index (χ3n) is 4.27. The van der Waals surface area contributed by atoms with Crippen LogP contribution in [0, 0.1) is 5.41 Å². The van der Waals surface area contributed by atoms with Gasteiger partial charge in [0.05, 0.1) is 0 Å². The summed E-state index contributed by atoms with van der Waals surface area (Å²) in [6, 6.07) is 0. The lowest BCUT2D eigenvalue weighted by atomic mass is 9.82. The van der Waals surface area contributed by atoms with Crippen molar-refractivity contribution in [2.75, 3.05) is 52.9 Å². The van der Waals surface area contributed by atoms with E-state index in [0.717, 1.165) is 0 Å². The van der Waals surface area contributed by atoms with Crippen LogP contribution in [-0.4, -0.2) is 62.7 Å². The van der Waals surface area contributed by atoms with Crippen molar-refractivity contribution >= 4 is 0 Å². The summed E-state index contributed by atoms with van der Waals surface area (Å²) in [7, 11) is 2.23. The number of rotatable bonds is 4. The van der Waals surface area contributed by atoms with E-state index in [-0.39, 0.29) is 0 Å². The van der Waals surface area contributed by atoms with Crippen molar-refractivity contribution in [1.29, 1.82) is 0 Å². The first-order valence-corrected chi connectivity index (χ1v) is 6.86. The maximum absolute atomic E-state index is 3.56. The van der Waals surface area contributed by atoms with E-state index in [2.05, 4.69) is 29.1 Å². The van der Waals surface area contributed by atoms with Gasteiger partial charge in [-0.3, -0.25) is 0 Å². The van der Waals surface area contributed by atoms with Crippen LogP contribution in [0.3, 0.4) is 0 Å². The number of piperazine rings is 1. The predicted molar refractivity (Wildman–Crippen MR) is 68.8 cm³/mol. The molecule has 2 fully saturated rings. The summed E-state index contributed by atoms with van der Waals surface area (Å²) in [5, 5.41) is 3.56. The van der Waals surface area contributed by atoms with Gasteiger partial charge in [-0.25, -0.2) is 0 Å². The van der Waals surface area contributed by atoms with E-state index < -0.39 is 0 Å². The van der Waals surface area contributed by atoms with E-state index in [0.29, 0.717) is 5.41 Å². The smallest absolute Gasteiger partial charge is 0.0110 e. The molecule has 2 saturated heterocycles. The summed E-state index contributed by atoms with van der Waals surface area (Å²) in [6.07, 6.45) is 4.11. The second-order valence-electron chi connectivity index (χ2n) is 5.76. The molecule has 1 atom stereocenters. The molecule has 1 unspecified atom stereocenters. The minimum absolute atomic E-state index is 0.588. The molecule has 0 amide bonds. The summed E-state index contributed by atoms with van der Waals surface area (Å²) in [6.45, 7) is 11.1. The highest BCUT2D eigenvalue weighted by atomic mass is 15.2. The van der Waals surface area contributed by atoms with Crippen LogP contribution < -0.4 is 5.32 Å². The molecule has 0 aliphatic carbocycles. The van der Waals surface area contributed by atoms with Crippen LogP contribution in [0.5, 0.6) is 0 Å². The maximum Gasteiger partial charge on any atom is 0.0110 e. The molecular weight excluding hydrogens is 198 g/mol. The van der Waals surface area contributed by atoms with Crippen molar-refractivity contribution < 1.29 is 0 Å². The van der Waals surface area contributed by atoms with Crippen molar-refractivity contribution in [3.05, 3.63) is 0 Å². The average molecular weight is 225 g/mol. The lowest BCUT2D eigenvalue weighted by Crippen LogP contribution is -2.49. The van der Waals surface area contributed by atoms with Crippen LogP contribution in [0.25, 0.3) is 0 Å². The van der Waals surface area contributed by atoms with E-state index in [1.807, 2.05) is 0 Å². The zero-order chi connectivity index (χ0) is 11.4. The highest BCUT2D eigenvalue weighted by Crippen LogP contribution is 2.32. The lowest BCUT2D eigenvalue weighted by molar-refractivity contribution is 0.0983. The number of hydrogen-bond donors (Lipinski definition) is 1. The molecule has 16 heavy (non-hydrogen) atoms. The van der Waals surface area contributed by atoms with Gasteiger partial charge in [0.25, 0.3) is 0 Å². The monoisotopic (exact) mass is 225 g/mol. The third kappa shape index (κ3) is 2.96. The van der Waals surface area contributed by atoms with Crippen LogP contribution in [-0.2, 0) is 0 Å². The third-order valence-corrected chi connectivity index (χ3v) is 4.27. The highest BCUT2D eigenvalue weighted by molar-refractivity contribution is 4.91. The van der Waals surface area contributed by atoms with Crippen molar-refractivity contribution in [3.63, 3.8) is 0 Å². The van der Waals surface area contributed by atoms with Gasteiger partial charge < -0.3 is 15.1 Å². The molecule has 0 aromatic carbocycles. The number of hydrogen-bond acceptors (Lipinski definition) is 3. The second kappa shape index (κ2) is 5.48. The van der Waals surface area contributed by atoms with Gasteiger partial charge in [0.1, 0.15) is 0 Å². The van der Waals surface area contributed by atoms with Gasteiger partial charge >= 0.3 is 0 Å². The fraction of sp³-hybridized carbons (Fsp3) is 1.00. The van der Waals surface area contributed by atoms with E-state index in [4.69, 9.17) is 0 Å². The van der Waals surface area contributed by atoms with E-state index in [9.17, 15) is 0 Å². The van der Waals surface area contributed by atoms with Crippen LogP contribution in [0.1, 0.15) is 26.2 Å². The Morgan fingerprint density at radius 3 is 2.50 bits per heavy atom. The molecule has 2 aliphatic heterocycles. The zero-order valence-electron chi connectivity index (χ0n) is 11.0. The summed E-state index contributed by atoms with van der Waals surface area (Å²) >= 11 is 0. The van der Waals surface area contributed by atoms with Crippen LogP contribution in [0.15, 0.2) is 0 Å². The Hall–Kier alpha value is -0.120. The van der Waals surface area contributed by atoms with Gasteiger partial charge in [-0.1, -0.05) is 13.3 Å². The van der Waals surface area contributed by atoms with Crippen molar-refractivity contribution in [3.8, 4) is 0 Å². The van der Waals surface area contributed by atoms with Crippen LogP contribution in [0.2, 0.25) is 0 Å². The second-order valence-corrected chi connectivity index (χ2v) is 5.76. The SMILES string of the molecule is CCCC1(CN2CCN(C)CC2)CCNC1. The Kier molecular flexibility index (Phi) is 4.22. The fourth-order valence-corrected chi connectivity index (χ4v) is 3.23. The normalized spacial score (nSPS) is 33.4. The summed E-state index contributed by atoms with van der Waals surface area (Å²) < 4.78 is 0. The quantitative estimate of drug-likeness (QED) is 0.770. The number of nitrogens with zero attached hydrogens (tertiary/aromatic N) is 2. The largest absolute Gasteiger partial charge is 0.316 e. The van der Waals surface area contributed by atoms with Gasteiger partial charge in [-0.15, -0.1) is 0 Å². The molecule has 94 valence electrons. The Labute approximate surface area is 100 Å². The van der Waals surface area contributed by atoms with Gasteiger partial charge in [0.15, 0.2) is 0 Å². The first-order chi connectivity index (χ1) is 7.74. The molecule has 2 rings (SSSR count). The van der Waals surface area contributed by atoms with E-state index in [1.165, 1.54) is 65.1 Å². The fourth-order valence-electron chi connectivity index (χ4n) is 3.23. The molecule has 0 bridgehead atoms. The zero-order valence-corrected chi connectivity index (χ0v) is 11.0. The summed E-state index contributed by atoms with van der Waals surface area (Å²) in [5.74, 6) is 0. The molecule has 3 nitrogen and oxygen atoms in total. The minimum atomic E-state index is 0.588. The number of nitrogens with one attached hydrogen (secondary N) is 1. The molecule has 2 aliphatic rings. The Balaban J connectivity index is 1.85. The highest BCUT2D eigenvalue weighted by Gasteiger charge is 2.35. The molecule has 0 spiro atoms. The van der Waals surface area contributed by atoms with E-state index in [1.54, 1.807) is 0 Å². The van der Waals surface area contributed by atoms with Gasteiger partial charge in [0.2, 0.25) is 0 Å². The first-order valence-electron chi connectivity index (χ1n) is 6.86. The molecule has 2 heterocycles. The van der Waals surface area contributed by atoms with Crippen LogP contribution in [0.4, 0.5) is 0 Å². The van der Waals surface area contributed by atoms with Gasteiger partial charge in [-0.05, 0) is 31.8 Å². The number of likely N-dealkylation sites (N-methyl/N-ethyl adjacent to an activating group) is 1. The summed E-state index contributed by atoms with van der Waals surface area (Å²) in [5.41, 5.74) is 0.588. The topological polar surface area (TPSA) is 18.5 Å². The van der Waals surface area contributed by atoms with Crippen molar-refractivity contribution in [2.45, 2.75) is 26.2 Å². The molecular formula is C13H27N3. The molecule has 0 radical (unpaired) electrons. The molecule has 1 N–H and O–H groups in total. The molecule has 0 aromatic rings. The van der Waals surface area contributed by atoms with Gasteiger partial charge in [-0.2, -0.15) is 0 Å². The van der Waals surface area contributed by atoms with Crippen LogP contribution >= 0.6 is 0 Å². The minimum Gasteiger partial charge on any atom is -0.316 e. The maximum atomic E-state index is 3.56. The molecule has 3 heteroatoms. The first kappa shape index (κ1) is 12.3. The predicted octanol–water partition coefficient (Wildman–Crippen LogP) is 1.01. The lowest BCUT2D eigenvalue weighted by Gasteiger charge is -2.39. The Bertz CT molecular complexity index is 203. The Morgan fingerprint density at radius 1 is 1.19 bits per heavy atom. The Morgan fingerprint density at radius 2 is 1.94 bits per heavy atom. The average Bonchev–Trinajstić information content (AvgIpc) is 2.71. The van der Waals surface area contributed by atoms with Gasteiger partial charge in [0, 0.05) is 39.3 Å². The summed E-state index contributed by atoms with van der Waals surface area (Å²) in [4.78, 5) is 5.12. The van der Waals surface area contributed by atoms with Crippen molar-refractivity contribution in [1.82, 2.24) is 15.1 Å². The van der Waals surface area contributed by atoms with E-state index >= 15 is 0 Å². The molecule has 0 saturated carbocycles. The van der Waals surface area contributed by atoms with Crippen molar-refractivity contribution in [2.24, 2.45) is 5.41 Å². The molecule has 0 aromatic heterocycles.